The summed E-state index contributed by atoms with van der Waals surface area (Å²) in [5, 5.41) is 13.8. The lowest BCUT2D eigenvalue weighted by Gasteiger charge is -2.11. The summed E-state index contributed by atoms with van der Waals surface area (Å²) in [6.07, 6.45) is 3.73. The van der Waals surface area contributed by atoms with Crippen molar-refractivity contribution in [3.8, 4) is 5.75 Å². The summed E-state index contributed by atoms with van der Waals surface area (Å²) in [4.78, 5) is 35.1. The van der Waals surface area contributed by atoms with E-state index in [1.165, 1.54) is 35.6 Å². The van der Waals surface area contributed by atoms with Gasteiger partial charge in [0.25, 0.3) is 17.5 Å². The number of benzene rings is 1. The molecule has 0 saturated heterocycles. The fourth-order valence-electron chi connectivity index (χ4n) is 2.89. The van der Waals surface area contributed by atoms with E-state index in [-0.39, 0.29) is 12.3 Å². The maximum absolute atomic E-state index is 12.2. The molecule has 136 valence electrons. The summed E-state index contributed by atoms with van der Waals surface area (Å²) in [5.74, 6) is -0.633. The number of thiophene rings is 1. The largest absolute Gasteiger partial charge is 0.484 e. The summed E-state index contributed by atoms with van der Waals surface area (Å²) >= 11 is 1.38. The van der Waals surface area contributed by atoms with Crippen molar-refractivity contribution >= 4 is 33.8 Å². The maximum Gasteiger partial charge on any atom is 0.269 e. The molecule has 1 aromatic heterocycles. The van der Waals surface area contributed by atoms with Crippen LogP contribution in [0.15, 0.2) is 24.3 Å². The van der Waals surface area contributed by atoms with Gasteiger partial charge in [-0.2, -0.15) is 0 Å². The van der Waals surface area contributed by atoms with E-state index in [4.69, 9.17) is 10.5 Å². The number of non-ortho nitro benzene ring substituents is 1. The summed E-state index contributed by atoms with van der Waals surface area (Å²) in [6.45, 7) is -0.279. The zero-order valence-electron chi connectivity index (χ0n) is 13.8. The average molecular weight is 375 g/mol. The molecule has 1 heterocycles. The van der Waals surface area contributed by atoms with E-state index >= 15 is 0 Å². The molecule has 3 N–H and O–H groups in total. The smallest absolute Gasteiger partial charge is 0.269 e. The van der Waals surface area contributed by atoms with Crippen molar-refractivity contribution in [3.63, 3.8) is 0 Å². The van der Waals surface area contributed by atoms with Crippen LogP contribution in [-0.4, -0.2) is 23.3 Å². The van der Waals surface area contributed by atoms with Gasteiger partial charge in [0.1, 0.15) is 10.8 Å². The lowest BCUT2D eigenvalue weighted by atomic mass is 9.95. The van der Waals surface area contributed by atoms with Gasteiger partial charge in [-0.05, 0) is 43.4 Å². The third kappa shape index (κ3) is 3.83. The molecular formula is C17H17N3O5S. The molecule has 0 spiro atoms. The number of nitro groups is 1. The van der Waals surface area contributed by atoms with Crippen molar-refractivity contribution in [2.75, 3.05) is 11.9 Å². The first kappa shape index (κ1) is 17.9. The Labute approximate surface area is 153 Å². The van der Waals surface area contributed by atoms with Gasteiger partial charge < -0.3 is 15.8 Å². The quantitative estimate of drug-likeness (QED) is 0.593. The molecule has 3 rings (SSSR count). The molecule has 0 aliphatic heterocycles. The van der Waals surface area contributed by atoms with E-state index in [1.54, 1.807) is 0 Å². The van der Waals surface area contributed by atoms with Gasteiger partial charge in [-0.3, -0.25) is 19.7 Å². The molecule has 0 saturated carbocycles. The number of hydrogen-bond acceptors (Lipinski definition) is 6. The van der Waals surface area contributed by atoms with Crippen LogP contribution in [0, 0.1) is 10.1 Å². The first-order valence-electron chi connectivity index (χ1n) is 8.07. The predicted octanol–water partition coefficient (Wildman–Crippen LogP) is 2.65. The van der Waals surface area contributed by atoms with Crippen molar-refractivity contribution in [3.05, 3.63) is 50.4 Å². The van der Waals surface area contributed by atoms with Crippen molar-refractivity contribution < 1.29 is 19.2 Å². The number of nitro benzene ring substituents is 1. The van der Waals surface area contributed by atoms with Crippen LogP contribution < -0.4 is 15.8 Å². The van der Waals surface area contributed by atoms with Crippen molar-refractivity contribution in [1.82, 2.24) is 0 Å². The second-order valence-corrected chi connectivity index (χ2v) is 6.97. The number of anilines is 1. The van der Waals surface area contributed by atoms with E-state index in [1.807, 2.05) is 0 Å². The molecule has 8 nitrogen and oxygen atoms in total. The van der Waals surface area contributed by atoms with Crippen LogP contribution in [-0.2, 0) is 17.6 Å². The second-order valence-electron chi connectivity index (χ2n) is 5.87. The molecule has 1 aromatic carbocycles. The Kier molecular flexibility index (Phi) is 5.17. The van der Waals surface area contributed by atoms with E-state index in [2.05, 4.69) is 5.32 Å². The van der Waals surface area contributed by atoms with Gasteiger partial charge in [-0.1, -0.05) is 0 Å². The zero-order chi connectivity index (χ0) is 18.7. The predicted molar refractivity (Wildman–Crippen MR) is 96.7 cm³/mol. The summed E-state index contributed by atoms with van der Waals surface area (Å²) < 4.78 is 5.33. The van der Waals surface area contributed by atoms with Crippen LogP contribution in [0.2, 0.25) is 0 Å². The highest BCUT2D eigenvalue weighted by atomic mass is 32.1. The summed E-state index contributed by atoms with van der Waals surface area (Å²) in [6, 6.07) is 5.44. The van der Waals surface area contributed by atoms with E-state index in [9.17, 15) is 19.7 Å². The third-order valence-electron chi connectivity index (χ3n) is 4.09. The molecule has 0 unspecified atom stereocenters. The molecule has 2 aromatic rings. The van der Waals surface area contributed by atoms with Crippen LogP contribution in [0.3, 0.4) is 0 Å². The highest BCUT2D eigenvalue weighted by Gasteiger charge is 2.25. The number of rotatable bonds is 6. The Hall–Kier alpha value is -2.94. The number of carbonyl (C=O) groups excluding carboxylic acids is 2. The van der Waals surface area contributed by atoms with Gasteiger partial charge in [-0.25, -0.2) is 0 Å². The van der Waals surface area contributed by atoms with Crippen LogP contribution >= 0.6 is 11.3 Å². The number of nitrogens with one attached hydrogen (secondary N) is 1. The molecule has 0 radical (unpaired) electrons. The van der Waals surface area contributed by atoms with Crippen LogP contribution in [0.1, 0.15) is 33.6 Å². The van der Waals surface area contributed by atoms with Crippen molar-refractivity contribution in [2.45, 2.75) is 25.7 Å². The number of amides is 2. The van der Waals surface area contributed by atoms with Crippen LogP contribution in [0.5, 0.6) is 5.75 Å². The maximum atomic E-state index is 12.2. The molecular weight excluding hydrogens is 358 g/mol. The number of ether oxygens (including phenoxy) is 1. The highest BCUT2D eigenvalue weighted by Crippen LogP contribution is 2.37. The number of hydrogen-bond donors (Lipinski definition) is 2. The molecule has 0 atom stereocenters. The van der Waals surface area contributed by atoms with Gasteiger partial charge in [-0.15, -0.1) is 11.3 Å². The molecule has 2 amide bonds. The van der Waals surface area contributed by atoms with Gasteiger partial charge in [0.15, 0.2) is 6.61 Å². The molecule has 0 bridgehead atoms. The lowest BCUT2D eigenvalue weighted by Crippen LogP contribution is -2.22. The molecule has 1 aliphatic carbocycles. The number of fused-ring (bicyclic) bond motifs is 1. The van der Waals surface area contributed by atoms with Crippen LogP contribution in [0.4, 0.5) is 10.7 Å². The third-order valence-corrected chi connectivity index (χ3v) is 5.30. The van der Waals surface area contributed by atoms with Gasteiger partial charge in [0.2, 0.25) is 0 Å². The lowest BCUT2D eigenvalue weighted by molar-refractivity contribution is -0.384. The number of aryl methyl sites for hydroxylation is 1. The van der Waals surface area contributed by atoms with Crippen molar-refractivity contribution in [2.24, 2.45) is 5.73 Å². The first-order valence-corrected chi connectivity index (χ1v) is 8.89. The van der Waals surface area contributed by atoms with Crippen molar-refractivity contribution in [1.29, 1.82) is 0 Å². The van der Waals surface area contributed by atoms with Gasteiger partial charge in [0.05, 0.1) is 10.5 Å². The Morgan fingerprint density at radius 1 is 1.23 bits per heavy atom. The normalized spacial score (nSPS) is 12.9. The molecule has 26 heavy (non-hydrogen) atoms. The Balaban J connectivity index is 1.66. The highest BCUT2D eigenvalue weighted by molar-refractivity contribution is 7.17. The summed E-state index contributed by atoms with van der Waals surface area (Å²) in [5.41, 5.74) is 6.78. The number of nitrogens with two attached hydrogens (primary N) is 1. The Morgan fingerprint density at radius 3 is 2.58 bits per heavy atom. The van der Waals surface area contributed by atoms with E-state index in [0.29, 0.717) is 16.3 Å². The van der Waals surface area contributed by atoms with E-state index < -0.39 is 16.7 Å². The number of nitrogens with zero attached hydrogens (tertiary/aromatic N) is 1. The minimum absolute atomic E-state index is 0.0583. The average Bonchev–Trinajstić information content (AvgIpc) is 2.98. The Morgan fingerprint density at radius 2 is 1.92 bits per heavy atom. The molecule has 9 heteroatoms. The monoisotopic (exact) mass is 375 g/mol. The van der Waals surface area contributed by atoms with E-state index in [0.717, 1.165) is 36.1 Å². The number of primary amides is 1. The second kappa shape index (κ2) is 7.52. The van der Waals surface area contributed by atoms with Gasteiger partial charge >= 0.3 is 0 Å². The number of carbonyl (C=O) groups is 2. The standard InChI is InChI=1S/C17H17N3O5S/c18-16(22)15-12-3-1-2-4-13(12)26-17(15)19-14(21)9-25-11-7-5-10(6-8-11)20(23)24/h5-8H,1-4,9H2,(H2,18,22)(H,19,21). The zero-order valence-corrected chi connectivity index (χ0v) is 14.6. The fraction of sp³-hybridized carbons (Fsp3) is 0.294. The topological polar surface area (TPSA) is 125 Å². The van der Waals surface area contributed by atoms with Gasteiger partial charge in [0, 0.05) is 17.0 Å². The fourth-order valence-corrected chi connectivity index (χ4v) is 4.20. The van der Waals surface area contributed by atoms with Crippen LogP contribution in [0.25, 0.3) is 0 Å². The summed E-state index contributed by atoms with van der Waals surface area (Å²) in [7, 11) is 0. The SMILES string of the molecule is NC(=O)c1c(NC(=O)COc2ccc([N+](=O)[O-])cc2)sc2c1CCCC2. The molecule has 1 aliphatic rings. The minimum atomic E-state index is -0.545. The molecule has 0 fully saturated rings. The first-order chi connectivity index (χ1) is 12.5. The minimum Gasteiger partial charge on any atom is -0.484 e. The Bertz CT molecular complexity index is 860.